The van der Waals surface area contributed by atoms with Crippen molar-refractivity contribution in [2.24, 2.45) is 0 Å². The van der Waals surface area contributed by atoms with E-state index in [0.717, 1.165) is 17.9 Å². The molecule has 3 rings (SSSR count). The van der Waals surface area contributed by atoms with E-state index in [4.69, 9.17) is 11.6 Å². The van der Waals surface area contributed by atoms with Crippen molar-refractivity contribution in [3.8, 4) is 0 Å². The minimum Gasteiger partial charge on any atom is -0.0845 e. The summed E-state index contributed by atoms with van der Waals surface area (Å²) in [7, 11) is -1.58. The molecular weight excluding hydrogens is 340 g/mol. The SMILES string of the molecule is CCc1cc(CC)cc([SiH](c2ccc(C)cc2)c2ccccc2Cl)c1. The van der Waals surface area contributed by atoms with Crippen LogP contribution in [0.3, 0.4) is 0 Å². The van der Waals surface area contributed by atoms with Gasteiger partial charge in [0.25, 0.3) is 0 Å². The summed E-state index contributed by atoms with van der Waals surface area (Å²) >= 11 is 6.63. The highest BCUT2D eigenvalue weighted by molar-refractivity contribution is 6.96. The zero-order valence-corrected chi connectivity index (χ0v) is 17.1. The van der Waals surface area contributed by atoms with E-state index in [2.05, 4.69) is 75.4 Å². The quantitative estimate of drug-likeness (QED) is 0.473. The minimum absolute atomic E-state index is 0.889. The van der Waals surface area contributed by atoms with Crippen molar-refractivity contribution in [1.29, 1.82) is 0 Å². The molecule has 0 aliphatic heterocycles. The van der Waals surface area contributed by atoms with Crippen LogP contribution < -0.4 is 15.6 Å². The normalized spacial score (nSPS) is 12.2. The number of rotatable bonds is 5. The smallest absolute Gasteiger partial charge is 0.0845 e. The lowest BCUT2D eigenvalue weighted by molar-refractivity contribution is 1.09. The Morgan fingerprint density at radius 3 is 1.92 bits per heavy atom. The highest BCUT2D eigenvalue weighted by Gasteiger charge is 2.22. The molecule has 128 valence electrons. The molecule has 0 spiro atoms. The second-order valence-electron chi connectivity index (χ2n) is 6.66. The molecule has 1 unspecified atom stereocenters. The van der Waals surface area contributed by atoms with Crippen molar-refractivity contribution in [2.45, 2.75) is 33.6 Å². The highest BCUT2D eigenvalue weighted by Crippen LogP contribution is 2.10. The summed E-state index contributed by atoms with van der Waals surface area (Å²) in [6, 6.07) is 24.5. The Kier molecular flexibility index (Phi) is 5.77. The lowest BCUT2D eigenvalue weighted by atomic mass is 10.1. The fourth-order valence-corrected chi connectivity index (χ4v) is 6.97. The van der Waals surface area contributed by atoms with Crippen LogP contribution in [-0.4, -0.2) is 8.80 Å². The van der Waals surface area contributed by atoms with Crippen LogP contribution in [0.1, 0.15) is 30.5 Å². The molecule has 0 saturated carbocycles. The predicted octanol–water partition coefficient (Wildman–Crippen LogP) is 4.02. The molecule has 0 aliphatic carbocycles. The summed E-state index contributed by atoms with van der Waals surface area (Å²) in [4.78, 5) is 0. The van der Waals surface area contributed by atoms with E-state index >= 15 is 0 Å². The first-order valence-electron chi connectivity index (χ1n) is 9.06. The first-order valence-corrected chi connectivity index (χ1v) is 11.2. The summed E-state index contributed by atoms with van der Waals surface area (Å²) in [6.45, 7) is 6.61. The Balaban J connectivity index is 2.21. The van der Waals surface area contributed by atoms with Gasteiger partial charge in [0.15, 0.2) is 0 Å². The Morgan fingerprint density at radius 1 is 0.760 bits per heavy atom. The third-order valence-electron chi connectivity index (χ3n) is 4.85. The molecule has 0 fully saturated rings. The average molecular weight is 365 g/mol. The lowest BCUT2D eigenvalue weighted by Gasteiger charge is -2.20. The van der Waals surface area contributed by atoms with Gasteiger partial charge in [-0.2, -0.15) is 0 Å². The van der Waals surface area contributed by atoms with Crippen molar-refractivity contribution >= 4 is 36.0 Å². The standard InChI is InChI=1S/C23H25ClSi/c1-4-18-14-19(5-2)16-21(15-18)25(20-12-10-17(3)11-13-20)23-9-7-6-8-22(23)24/h6-16,25H,4-5H2,1-3H3. The van der Waals surface area contributed by atoms with E-state index in [-0.39, 0.29) is 0 Å². The van der Waals surface area contributed by atoms with E-state index in [1.807, 2.05) is 12.1 Å². The summed E-state index contributed by atoms with van der Waals surface area (Å²) in [6.07, 6.45) is 2.14. The van der Waals surface area contributed by atoms with Gasteiger partial charge >= 0.3 is 0 Å². The molecule has 0 radical (unpaired) electrons. The molecule has 0 aliphatic rings. The third kappa shape index (κ3) is 4.05. The van der Waals surface area contributed by atoms with Crippen molar-refractivity contribution in [3.05, 3.63) is 88.4 Å². The fourth-order valence-electron chi connectivity index (χ4n) is 3.39. The molecule has 0 saturated heterocycles. The fraction of sp³-hybridized carbons (Fsp3) is 0.217. The van der Waals surface area contributed by atoms with Crippen molar-refractivity contribution < 1.29 is 0 Å². The summed E-state index contributed by atoms with van der Waals surface area (Å²) in [5.74, 6) is 0. The molecule has 2 heteroatoms. The van der Waals surface area contributed by atoms with Crippen LogP contribution in [0.4, 0.5) is 0 Å². The Hall–Kier alpha value is -1.83. The third-order valence-corrected chi connectivity index (χ3v) is 8.56. The Bertz CT molecular complexity index is 830. The summed E-state index contributed by atoms with van der Waals surface area (Å²) in [5, 5.41) is 5.09. The molecular formula is C23H25ClSi. The molecule has 3 aromatic carbocycles. The van der Waals surface area contributed by atoms with Gasteiger partial charge in [-0.25, -0.2) is 0 Å². The zero-order valence-electron chi connectivity index (χ0n) is 15.2. The maximum Gasteiger partial charge on any atom is 0.134 e. The van der Waals surface area contributed by atoms with Crippen LogP contribution >= 0.6 is 11.6 Å². The summed E-state index contributed by atoms with van der Waals surface area (Å²) < 4.78 is 0. The van der Waals surface area contributed by atoms with Crippen molar-refractivity contribution in [2.75, 3.05) is 0 Å². The second kappa shape index (κ2) is 8.03. The second-order valence-corrected chi connectivity index (χ2v) is 9.88. The van der Waals surface area contributed by atoms with E-state index in [1.54, 1.807) is 0 Å². The molecule has 0 nitrogen and oxygen atoms in total. The topological polar surface area (TPSA) is 0 Å². The number of aryl methyl sites for hydroxylation is 3. The maximum atomic E-state index is 6.63. The van der Waals surface area contributed by atoms with Gasteiger partial charge in [-0.1, -0.05) is 102 Å². The molecule has 0 heterocycles. The number of benzene rings is 3. The monoisotopic (exact) mass is 364 g/mol. The molecule has 3 aromatic rings. The highest BCUT2D eigenvalue weighted by atomic mass is 35.5. The van der Waals surface area contributed by atoms with Crippen molar-refractivity contribution in [1.82, 2.24) is 0 Å². The van der Waals surface area contributed by atoms with Crippen LogP contribution in [-0.2, 0) is 12.8 Å². The summed E-state index contributed by atoms with van der Waals surface area (Å²) in [5.41, 5.74) is 4.14. The average Bonchev–Trinajstić information content (AvgIpc) is 2.64. The molecule has 0 aromatic heterocycles. The molecule has 0 amide bonds. The number of halogens is 1. The lowest BCUT2D eigenvalue weighted by Crippen LogP contribution is -2.52. The van der Waals surface area contributed by atoms with E-state index in [0.29, 0.717) is 0 Å². The van der Waals surface area contributed by atoms with Gasteiger partial charge in [0.1, 0.15) is 8.80 Å². The molecule has 0 N–H and O–H groups in total. The predicted molar refractivity (Wildman–Crippen MR) is 114 cm³/mol. The maximum absolute atomic E-state index is 6.63. The first-order chi connectivity index (χ1) is 12.1. The van der Waals surface area contributed by atoms with Gasteiger partial charge < -0.3 is 0 Å². The van der Waals surface area contributed by atoms with Crippen LogP contribution in [0.5, 0.6) is 0 Å². The van der Waals surface area contributed by atoms with Crippen LogP contribution in [0.25, 0.3) is 0 Å². The molecule has 1 atom stereocenters. The Morgan fingerprint density at radius 2 is 1.36 bits per heavy atom. The van der Waals surface area contributed by atoms with Crippen LogP contribution in [0.15, 0.2) is 66.7 Å². The van der Waals surface area contributed by atoms with E-state index in [9.17, 15) is 0 Å². The van der Waals surface area contributed by atoms with Crippen molar-refractivity contribution in [3.63, 3.8) is 0 Å². The van der Waals surface area contributed by atoms with E-state index < -0.39 is 8.80 Å². The largest absolute Gasteiger partial charge is 0.134 e. The number of hydrogen-bond acceptors (Lipinski definition) is 0. The first kappa shape index (κ1) is 18.0. The zero-order chi connectivity index (χ0) is 17.8. The Labute approximate surface area is 158 Å². The van der Waals surface area contributed by atoms with Crippen LogP contribution in [0.2, 0.25) is 5.02 Å². The van der Waals surface area contributed by atoms with Gasteiger partial charge in [0, 0.05) is 5.02 Å². The van der Waals surface area contributed by atoms with Gasteiger partial charge in [-0.15, -0.1) is 0 Å². The van der Waals surface area contributed by atoms with E-state index in [1.165, 1.54) is 32.3 Å². The van der Waals surface area contributed by atoms with Gasteiger partial charge in [0.2, 0.25) is 0 Å². The number of hydrogen-bond donors (Lipinski definition) is 0. The van der Waals surface area contributed by atoms with Crippen LogP contribution in [0, 0.1) is 6.92 Å². The molecule has 0 bridgehead atoms. The van der Waals surface area contributed by atoms with Gasteiger partial charge in [-0.3, -0.25) is 0 Å². The van der Waals surface area contributed by atoms with Gasteiger partial charge in [0.05, 0.1) is 0 Å². The van der Waals surface area contributed by atoms with Gasteiger partial charge in [-0.05, 0) is 42.1 Å². The minimum atomic E-state index is -1.58. The molecule has 25 heavy (non-hydrogen) atoms.